The summed E-state index contributed by atoms with van der Waals surface area (Å²) in [7, 11) is -3.76. The summed E-state index contributed by atoms with van der Waals surface area (Å²) < 4.78 is 39.2. The van der Waals surface area contributed by atoms with E-state index in [-0.39, 0.29) is 31.1 Å². The number of esters is 1. The van der Waals surface area contributed by atoms with Crippen LogP contribution in [-0.2, 0) is 26.1 Å². The van der Waals surface area contributed by atoms with Crippen LogP contribution < -0.4 is 15.6 Å². The van der Waals surface area contributed by atoms with Gasteiger partial charge in [0.1, 0.15) is 19.0 Å². The zero-order valence-electron chi connectivity index (χ0n) is 15.0. The number of nitrogens with two attached hydrogens (primary N) is 1. The van der Waals surface area contributed by atoms with Crippen LogP contribution in [0.1, 0.15) is 6.42 Å². The van der Waals surface area contributed by atoms with E-state index in [9.17, 15) is 18.0 Å². The SMILES string of the molecule is NS(=O)(=O)c1ccc(OCCOC(=O)CCn2c(=O)oc3cc(Cl)ccc32)cc1. The fourth-order valence-corrected chi connectivity index (χ4v) is 3.25. The van der Waals surface area contributed by atoms with Gasteiger partial charge in [-0.2, -0.15) is 0 Å². The van der Waals surface area contributed by atoms with Gasteiger partial charge >= 0.3 is 11.7 Å². The summed E-state index contributed by atoms with van der Waals surface area (Å²) in [4.78, 5) is 23.8. The van der Waals surface area contributed by atoms with Crippen molar-refractivity contribution in [1.29, 1.82) is 0 Å². The Hall–Kier alpha value is -2.82. The van der Waals surface area contributed by atoms with Gasteiger partial charge < -0.3 is 13.9 Å². The number of primary sulfonamides is 1. The first-order valence-electron chi connectivity index (χ1n) is 8.44. The zero-order valence-corrected chi connectivity index (χ0v) is 16.6. The van der Waals surface area contributed by atoms with Crippen LogP contribution in [-0.4, -0.2) is 32.2 Å². The molecule has 3 aromatic rings. The van der Waals surface area contributed by atoms with Crippen molar-refractivity contribution in [2.45, 2.75) is 17.9 Å². The number of hydrogen-bond donors (Lipinski definition) is 1. The Morgan fingerprint density at radius 1 is 1.14 bits per heavy atom. The molecule has 0 spiro atoms. The standard InChI is InChI=1S/C18H17ClN2O7S/c19-12-1-6-15-16(11-12)28-18(23)21(15)8-7-17(22)27-10-9-26-13-2-4-14(5-3-13)29(20,24)25/h1-6,11H,7-10H2,(H2,20,24,25). The molecule has 0 bridgehead atoms. The van der Waals surface area contributed by atoms with E-state index in [0.29, 0.717) is 21.9 Å². The molecule has 0 unspecified atom stereocenters. The van der Waals surface area contributed by atoms with E-state index in [2.05, 4.69) is 0 Å². The van der Waals surface area contributed by atoms with E-state index in [1.54, 1.807) is 12.1 Å². The molecule has 154 valence electrons. The summed E-state index contributed by atoms with van der Waals surface area (Å²) in [5, 5.41) is 5.45. The maximum Gasteiger partial charge on any atom is 0.419 e. The van der Waals surface area contributed by atoms with Crippen molar-refractivity contribution in [3.05, 3.63) is 58.0 Å². The van der Waals surface area contributed by atoms with Crippen LogP contribution >= 0.6 is 11.6 Å². The van der Waals surface area contributed by atoms with Gasteiger partial charge in [-0.05, 0) is 36.4 Å². The summed E-state index contributed by atoms with van der Waals surface area (Å²) in [6.45, 7) is 0.169. The number of rotatable bonds is 8. The quantitative estimate of drug-likeness (QED) is 0.418. The van der Waals surface area contributed by atoms with Gasteiger partial charge in [0.2, 0.25) is 10.0 Å². The third kappa shape index (κ3) is 5.37. The first-order valence-corrected chi connectivity index (χ1v) is 10.4. The molecule has 2 N–H and O–H groups in total. The molecule has 29 heavy (non-hydrogen) atoms. The maximum absolute atomic E-state index is 11.9. The Kier molecular flexibility index (Phi) is 6.26. The minimum Gasteiger partial charge on any atom is -0.490 e. The fourth-order valence-electron chi connectivity index (χ4n) is 2.57. The summed E-state index contributed by atoms with van der Waals surface area (Å²) in [6.07, 6.45) is -0.0276. The second-order valence-corrected chi connectivity index (χ2v) is 7.96. The number of benzene rings is 2. The molecular weight excluding hydrogens is 424 g/mol. The predicted molar refractivity (Wildman–Crippen MR) is 104 cm³/mol. The van der Waals surface area contributed by atoms with Crippen molar-refractivity contribution in [2.24, 2.45) is 5.14 Å². The van der Waals surface area contributed by atoms with Crippen LogP contribution in [0, 0.1) is 0 Å². The monoisotopic (exact) mass is 440 g/mol. The van der Waals surface area contributed by atoms with E-state index in [0.717, 1.165) is 0 Å². The number of hydrogen-bond acceptors (Lipinski definition) is 7. The fraction of sp³-hybridized carbons (Fsp3) is 0.222. The number of aryl methyl sites for hydroxylation is 1. The van der Waals surface area contributed by atoms with E-state index in [4.69, 9.17) is 30.6 Å². The number of halogens is 1. The van der Waals surface area contributed by atoms with Crippen molar-refractivity contribution >= 4 is 38.7 Å². The molecule has 0 atom stereocenters. The van der Waals surface area contributed by atoms with Crippen LogP contribution in [0.5, 0.6) is 5.75 Å². The number of ether oxygens (including phenoxy) is 2. The van der Waals surface area contributed by atoms with E-state index in [1.807, 2.05) is 0 Å². The largest absolute Gasteiger partial charge is 0.490 e. The average molecular weight is 441 g/mol. The van der Waals surface area contributed by atoms with E-state index >= 15 is 0 Å². The lowest BCUT2D eigenvalue weighted by atomic mass is 10.3. The van der Waals surface area contributed by atoms with Crippen molar-refractivity contribution < 1.29 is 27.1 Å². The van der Waals surface area contributed by atoms with Gasteiger partial charge in [0.05, 0.1) is 16.8 Å². The molecule has 0 aliphatic heterocycles. The van der Waals surface area contributed by atoms with Gasteiger partial charge in [0.25, 0.3) is 0 Å². The highest BCUT2D eigenvalue weighted by Crippen LogP contribution is 2.18. The minimum absolute atomic E-state index is 0.00753. The van der Waals surface area contributed by atoms with Crippen molar-refractivity contribution in [2.75, 3.05) is 13.2 Å². The molecule has 0 radical (unpaired) electrons. The van der Waals surface area contributed by atoms with Gasteiger partial charge in [0, 0.05) is 17.6 Å². The van der Waals surface area contributed by atoms with Gasteiger partial charge in [-0.15, -0.1) is 0 Å². The van der Waals surface area contributed by atoms with Crippen LogP contribution in [0.2, 0.25) is 5.02 Å². The van der Waals surface area contributed by atoms with Crippen molar-refractivity contribution in [3.8, 4) is 5.75 Å². The molecule has 0 saturated heterocycles. The number of carbonyl (C=O) groups excluding carboxylic acids is 1. The Morgan fingerprint density at radius 2 is 1.86 bits per heavy atom. The normalized spacial score (nSPS) is 11.5. The van der Waals surface area contributed by atoms with Gasteiger partial charge in [-0.25, -0.2) is 18.4 Å². The third-order valence-corrected chi connectivity index (χ3v) is 5.10. The lowest BCUT2D eigenvalue weighted by Crippen LogP contribution is -2.18. The predicted octanol–water partition coefficient (Wildman–Crippen LogP) is 1.91. The summed E-state index contributed by atoms with van der Waals surface area (Å²) in [5.74, 6) is -0.682. The second-order valence-electron chi connectivity index (χ2n) is 5.97. The number of nitrogens with zero attached hydrogens (tertiary/aromatic N) is 1. The Balaban J connectivity index is 1.45. The van der Waals surface area contributed by atoms with Gasteiger partial charge in [-0.1, -0.05) is 11.6 Å². The highest BCUT2D eigenvalue weighted by atomic mass is 35.5. The van der Waals surface area contributed by atoms with Gasteiger partial charge in [0.15, 0.2) is 5.58 Å². The molecule has 0 aliphatic carbocycles. The molecule has 0 fully saturated rings. The zero-order chi connectivity index (χ0) is 21.0. The first kappa shape index (κ1) is 20.9. The summed E-state index contributed by atoms with van der Waals surface area (Å²) in [5.41, 5.74) is 0.885. The lowest BCUT2D eigenvalue weighted by molar-refractivity contribution is -0.144. The lowest BCUT2D eigenvalue weighted by Gasteiger charge is -2.08. The van der Waals surface area contributed by atoms with E-state index < -0.39 is 21.7 Å². The highest BCUT2D eigenvalue weighted by Gasteiger charge is 2.12. The average Bonchev–Trinajstić information content (AvgIpc) is 2.97. The molecule has 0 aliphatic rings. The van der Waals surface area contributed by atoms with Gasteiger partial charge in [-0.3, -0.25) is 9.36 Å². The molecule has 3 rings (SSSR count). The topological polar surface area (TPSA) is 131 Å². The number of aromatic nitrogens is 1. The van der Waals surface area contributed by atoms with Crippen molar-refractivity contribution in [3.63, 3.8) is 0 Å². The molecule has 0 saturated carbocycles. The molecule has 9 nitrogen and oxygen atoms in total. The molecule has 1 heterocycles. The number of fused-ring (bicyclic) bond motifs is 1. The summed E-state index contributed by atoms with van der Waals surface area (Å²) >= 11 is 5.86. The summed E-state index contributed by atoms with van der Waals surface area (Å²) in [6, 6.07) is 10.3. The maximum atomic E-state index is 11.9. The Morgan fingerprint density at radius 3 is 2.55 bits per heavy atom. The van der Waals surface area contributed by atoms with Crippen LogP contribution in [0.3, 0.4) is 0 Å². The smallest absolute Gasteiger partial charge is 0.419 e. The Bertz CT molecular complexity index is 1180. The molecule has 0 amide bonds. The molecule has 11 heteroatoms. The highest BCUT2D eigenvalue weighted by molar-refractivity contribution is 7.89. The second kappa shape index (κ2) is 8.68. The van der Waals surface area contributed by atoms with Crippen molar-refractivity contribution in [1.82, 2.24) is 4.57 Å². The van der Waals surface area contributed by atoms with E-state index in [1.165, 1.54) is 34.9 Å². The van der Waals surface area contributed by atoms with Crippen LogP contribution in [0.15, 0.2) is 56.6 Å². The van der Waals surface area contributed by atoms with Crippen LogP contribution in [0.25, 0.3) is 11.1 Å². The molecule has 1 aromatic heterocycles. The third-order valence-electron chi connectivity index (χ3n) is 3.94. The molecule has 2 aromatic carbocycles. The Labute approximate surface area is 170 Å². The number of oxazole rings is 1. The van der Waals surface area contributed by atoms with Crippen LogP contribution in [0.4, 0.5) is 0 Å². The molecular formula is C18H17ClN2O7S. The number of sulfonamides is 1. The minimum atomic E-state index is -3.76. The first-order chi connectivity index (χ1) is 13.7. The number of carbonyl (C=O) groups is 1.